The number of aromatic nitrogens is 1. The molecule has 1 atom stereocenters. The zero-order valence-electron chi connectivity index (χ0n) is 16.9. The van der Waals surface area contributed by atoms with Gasteiger partial charge in [-0.05, 0) is 31.0 Å². The van der Waals surface area contributed by atoms with Gasteiger partial charge in [0.05, 0.1) is 6.04 Å². The summed E-state index contributed by atoms with van der Waals surface area (Å²) in [6, 6.07) is 11.3. The molecule has 2 aromatic rings. The van der Waals surface area contributed by atoms with E-state index in [1.807, 2.05) is 30.3 Å². The van der Waals surface area contributed by atoms with Gasteiger partial charge in [-0.1, -0.05) is 30.3 Å². The molecule has 0 saturated carbocycles. The van der Waals surface area contributed by atoms with Crippen molar-refractivity contribution in [1.82, 2.24) is 10.3 Å². The number of ether oxygens (including phenoxy) is 1. The lowest BCUT2D eigenvalue weighted by molar-refractivity contribution is -0.192. The van der Waals surface area contributed by atoms with Crippen LogP contribution in [0.3, 0.4) is 0 Å². The number of ketones is 1. The van der Waals surface area contributed by atoms with Crippen molar-refractivity contribution < 1.29 is 37.4 Å². The van der Waals surface area contributed by atoms with Crippen LogP contribution >= 0.6 is 0 Å². The number of carboxylic acid groups (broad SMARTS) is 1. The number of nitrogens with one attached hydrogen (secondary N) is 1. The molecule has 0 radical (unpaired) electrons. The van der Waals surface area contributed by atoms with E-state index in [0.717, 1.165) is 24.9 Å². The van der Waals surface area contributed by atoms with Crippen LogP contribution in [0.2, 0.25) is 0 Å². The van der Waals surface area contributed by atoms with Crippen molar-refractivity contribution >= 4 is 17.7 Å². The second-order valence-corrected chi connectivity index (χ2v) is 6.88. The van der Waals surface area contributed by atoms with Crippen LogP contribution in [0.1, 0.15) is 34.3 Å². The van der Waals surface area contributed by atoms with Gasteiger partial charge in [-0.3, -0.25) is 9.59 Å². The van der Waals surface area contributed by atoms with E-state index >= 15 is 0 Å². The molecule has 3 rings (SSSR count). The molecule has 1 fully saturated rings. The summed E-state index contributed by atoms with van der Waals surface area (Å²) >= 11 is 0. The molecule has 4 N–H and O–H groups in total. The van der Waals surface area contributed by atoms with Gasteiger partial charge < -0.3 is 20.9 Å². The van der Waals surface area contributed by atoms with Gasteiger partial charge in [-0.2, -0.15) is 13.2 Å². The largest absolute Gasteiger partial charge is 0.490 e. The number of hydrogen-bond donors (Lipinski definition) is 3. The van der Waals surface area contributed by atoms with Crippen LogP contribution in [-0.4, -0.2) is 53.1 Å². The van der Waals surface area contributed by atoms with E-state index in [1.54, 1.807) is 6.07 Å². The van der Waals surface area contributed by atoms with Gasteiger partial charge >= 0.3 is 12.1 Å². The van der Waals surface area contributed by atoms with Crippen molar-refractivity contribution in [2.75, 3.05) is 13.2 Å². The fourth-order valence-corrected chi connectivity index (χ4v) is 3.03. The van der Waals surface area contributed by atoms with Gasteiger partial charge in [-0.15, -0.1) is 0 Å². The highest BCUT2D eigenvalue weighted by molar-refractivity contribution is 6.02. The number of Topliss-reactive ketones (excluding diaryl/α,β-unsaturated/α-hetero) is 1. The first-order valence-corrected chi connectivity index (χ1v) is 9.60. The van der Waals surface area contributed by atoms with Crippen LogP contribution < -0.4 is 15.8 Å². The maximum absolute atomic E-state index is 12.9. The zero-order valence-corrected chi connectivity index (χ0v) is 16.9. The van der Waals surface area contributed by atoms with Crippen molar-refractivity contribution in [3.8, 4) is 5.88 Å². The Morgan fingerprint density at radius 2 is 1.84 bits per heavy atom. The summed E-state index contributed by atoms with van der Waals surface area (Å²) in [6.45, 7) is 0.578. The highest BCUT2D eigenvalue weighted by atomic mass is 19.4. The predicted octanol–water partition coefficient (Wildman–Crippen LogP) is 2.10. The van der Waals surface area contributed by atoms with E-state index in [-0.39, 0.29) is 24.3 Å². The number of carbonyl (C=O) groups excluding carboxylic acids is 2. The second-order valence-electron chi connectivity index (χ2n) is 6.88. The number of alkyl halides is 3. The molecule has 1 aliphatic heterocycles. The highest BCUT2D eigenvalue weighted by Gasteiger charge is 2.38. The Labute approximate surface area is 181 Å². The average Bonchev–Trinajstić information content (AvgIpc) is 3.28. The smallest absolute Gasteiger partial charge is 0.475 e. The fourth-order valence-electron chi connectivity index (χ4n) is 3.03. The first-order chi connectivity index (χ1) is 15.1. The number of primary amides is 1. The quantitative estimate of drug-likeness (QED) is 0.547. The Hall–Kier alpha value is -3.47. The van der Waals surface area contributed by atoms with Crippen LogP contribution in [0, 0.1) is 0 Å². The molecule has 0 unspecified atom stereocenters. The summed E-state index contributed by atoms with van der Waals surface area (Å²) in [7, 11) is 0. The number of carboxylic acids is 1. The van der Waals surface area contributed by atoms with Crippen LogP contribution in [0.25, 0.3) is 0 Å². The number of nitrogens with zero attached hydrogens (tertiary/aromatic N) is 1. The molecule has 0 aliphatic carbocycles. The molecule has 1 amide bonds. The summed E-state index contributed by atoms with van der Waals surface area (Å²) in [5, 5.41) is 10.4. The summed E-state index contributed by atoms with van der Waals surface area (Å²) in [6.07, 6.45) is -1.24. The Balaban J connectivity index is 0.000000451. The molecule has 0 bridgehead atoms. The van der Waals surface area contributed by atoms with Crippen molar-refractivity contribution in [2.24, 2.45) is 5.73 Å². The van der Waals surface area contributed by atoms with Gasteiger partial charge in [0, 0.05) is 23.7 Å². The van der Waals surface area contributed by atoms with Crippen molar-refractivity contribution in [3.63, 3.8) is 0 Å². The lowest BCUT2D eigenvalue weighted by Gasteiger charge is -2.16. The molecule has 1 aromatic carbocycles. The molecular weight excluding hydrogens is 431 g/mol. The van der Waals surface area contributed by atoms with E-state index in [4.69, 9.17) is 20.4 Å². The number of nitrogens with two attached hydrogens (primary N) is 1. The van der Waals surface area contributed by atoms with E-state index in [2.05, 4.69) is 10.3 Å². The third-order valence-electron chi connectivity index (χ3n) is 4.48. The molecular formula is C21H22F3N3O5. The summed E-state index contributed by atoms with van der Waals surface area (Å²) in [5.74, 6) is -3.02. The first-order valence-electron chi connectivity index (χ1n) is 9.60. The van der Waals surface area contributed by atoms with Crippen molar-refractivity contribution in [2.45, 2.75) is 31.5 Å². The Morgan fingerprint density at radius 3 is 2.38 bits per heavy atom. The number of rotatable bonds is 7. The van der Waals surface area contributed by atoms with E-state index in [1.165, 1.54) is 6.20 Å². The number of carbonyl (C=O) groups is 3. The van der Waals surface area contributed by atoms with Gasteiger partial charge in [0.15, 0.2) is 12.4 Å². The van der Waals surface area contributed by atoms with Crippen molar-refractivity contribution in [1.29, 1.82) is 0 Å². The zero-order chi connectivity index (χ0) is 23.7. The standard InChI is InChI=1S/C19H21N3O3.C2HF3O2/c20-17(23)12-25-19-15(11-13-5-2-1-3-6-13)14(8-10-22-19)18(24)16-7-4-9-21-16;3-2(4,5)1(6)7/h1-3,5-6,8,10,16,21H,4,7,9,11-12H2,(H2,20,23);(H,6,7)/t16-;/m0./s1. The second kappa shape index (κ2) is 11.2. The third-order valence-corrected chi connectivity index (χ3v) is 4.48. The van der Waals surface area contributed by atoms with Gasteiger partial charge in [0.2, 0.25) is 5.88 Å². The van der Waals surface area contributed by atoms with E-state index < -0.39 is 18.1 Å². The molecule has 172 valence electrons. The van der Waals surface area contributed by atoms with Gasteiger partial charge in [-0.25, -0.2) is 9.78 Å². The normalized spacial score (nSPS) is 15.4. The van der Waals surface area contributed by atoms with Crippen molar-refractivity contribution in [3.05, 3.63) is 59.3 Å². The monoisotopic (exact) mass is 453 g/mol. The first kappa shape index (κ1) is 24.8. The minimum absolute atomic E-state index is 0.0368. The van der Waals surface area contributed by atoms with Crippen LogP contribution in [0.4, 0.5) is 13.2 Å². The maximum Gasteiger partial charge on any atom is 0.490 e. The lowest BCUT2D eigenvalue weighted by Crippen LogP contribution is -2.31. The predicted molar refractivity (Wildman–Crippen MR) is 107 cm³/mol. The minimum atomic E-state index is -5.08. The SMILES string of the molecule is NC(=O)COc1nccc(C(=O)[C@@H]2CCCN2)c1Cc1ccccc1.O=C(O)C(F)(F)F. The molecule has 1 aliphatic rings. The number of halogens is 3. The van der Waals surface area contributed by atoms with Crippen LogP contribution in [0.15, 0.2) is 42.6 Å². The molecule has 1 aromatic heterocycles. The Morgan fingerprint density at radius 1 is 1.19 bits per heavy atom. The summed E-state index contributed by atoms with van der Waals surface area (Å²) in [5.41, 5.74) is 7.48. The lowest BCUT2D eigenvalue weighted by atomic mass is 9.95. The number of benzene rings is 1. The van der Waals surface area contributed by atoms with Gasteiger partial charge in [0.1, 0.15) is 0 Å². The Kier molecular flexibility index (Phi) is 8.71. The minimum Gasteiger partial charge on any atom is -0.475 e. The maximum atomic E-state index is 12.9. The summed E-state index contributed by atoms with van der Waals surface area (Å²) in [4.78, 5) is 37.1. The average molecular weight is 453 g/mol. The number of aliphatic carboxylic acids is 1. The van der Waals surface area contributed by atoms with Crippen LogP contribution in [0.5, 0.6) is 5.88 Å². The Bertz CT molecular complexity index is 945. The molecule has 32 heavy (non-hydrogen) atoms. The third kappa shape index (κ3) is 7.34. The van der Waals surface area contributed by atoms with E-state index in [9.17, 15) is 22.8 Å². The summed E-state index contributed by atoms with van der Waals surface area (Å²) < 4.78 is 37.2. The fraction of sp³-hybridized carbons (Fsp3) is 0.333. The molecule has 11 heteroatoms. The topological polar surface area (TPSA) is 132 Å². The number of pyridine rings is 1. The van der Waals surface area contributed by atoms with E-state index in [0.29, 0.717) is 17.5 Å². The highest BCUT2D eigenvalue weighted by Crippen LogP contribution is 2.26. The molecule has 1 saturated heterocycles. The molecule has 2 heterocycles. The molecule has 8 nitrogen and oxygen atoms in total. The number of amides is 1. The number of hydrogen-bond acceptors (Lipinski definition) is 6. The van der Waals surface area contributed by atoms with Crippen LogP contribution in [-0.2, 0) is 16.0 Å². The molecule has 0 spiro atoms. The van der Waals surface area contributed by atoms with Gasteiger partial charge in [0.25, 0.3) is 5.91 Å².